The normalized spacial score (nSPS) is 14.3. The van der Waals surface area contributed by atoms with E-state index in [-0.39, 0.29) is 36.8 Å². The van der Waals surface area contributed by atoms with Crippen LogP contribution in [-0.2, 0) is 16.0 Å². The summed E-state index contributed by atoms with van der Waals surface area (Å²) in [5.74, 6) is 0.126. The highest BCUT2D eigenvalue weighted by Gasteiger charge is 2.23. The van der Waals surface area contributed by atoms with Gasteiger partial charge >= 0.3 is 0 Å². The molecule has 3 rings (SSSR count). The van der Waals surface area contributed by atoms with Crippen LogP contribution in [-0.4, -0.2) is 48.1 Å². The second-order valence-electron chi connectivity index (χ2n) is 6.39. The van der Waals surface area contributed by atoms with Gasteiger partial charge in [0.2, 0.25) is 5.91 Å². The van der Waals surface area contributed by atoms with Crippen LogP contribution < -0.4 is 5.73 Å². The van der Waals surface area contributed by atoms with Crippen molar-refractivity contribution in [3.8, 4) is 10.6 Å². The largest absolute Gasteiger partial charge is 0.378 e. The Hall–Kier alpha value is -0.890. The highest BCUT2D eigenvalue weighted by Crippen LogP contribution is 2.30. The Bertz CT molecular complexity index is 737. The minimum atomic E-state index is 0. The predicted molar refractivity (Wildman–Crippen MR) is 120 cm³/mol. The predicted octanol–water partition coefficient (Wildman–Crippen LogP) is 4.21. The maximum atomic E-state index is 12.6. The van der Waals surface area contributed by atoms with Gasteiger partial charge in [0.1, 0.15) is 5.01 Å². The molecule has 2 N–H and O–H groups in total. The Kier molecular flexibility index (Phi) is 11.3. The molecule has 5 nitrogen and oxygen atoms in total. The summed E-state index contributed by atoms with van der Waals surface area (Å²) in [4.78, 5) is 19.1. The molecule has 0 spiro atoms. The fourth-order valence-corrected chi connectivity index (χ4v) is 4.16. The van der Waals surface area contributed by atoms with E-state index in [4.69, 9.17) is 22.1 Å². The number of likely N-dealkylation sites (tertiary alicyclic amines) is 1. The zero-order valence-corrected chi connectivity index (χ0v) is 18.7. The fourth-order valence-electron chi connectivity index (χ4n) is 3.02. The number of benzene rings is 1. The number of piperidine rings is 1. The van der Waals surface area contributed by atoms with Crippen LogP contribution in [0.2, 0.25) is 5.02 Å². The molecule has 0 saturated carbocycles. The summed E-state index contributed by atoms with van der Waals surface area (Å²) >= 11 is 7.75. The van der Waals surface area contributed by atoms with E-state index in [1.807, 2.05) is 34.5 Å². The average Bonchev–Trinajstić information content (AvgIpc) is 3.11. The van der Waals surface area contributed by atoms with Crippen molar-refractivity contribution in [3.05, 3.63) is 40.4 Å². The molecular formula is C19H26Cl3N3O2S. The molecule has 1 fully saturated rings. The molecule has 2 heterocycles. The van der Waals surface area contributed by atoms with Gasteiger partial charge in [-0.2, -0.15) is 0 Å². The number of halogens is 3. The number of carbonyl (C=O) groups is 1. The van der Waals surface area contributed by atoms with Crippen LogP contribution in [0.1, 0.15) is 25.0 Å². The first-order valence-electron chi connectivity index (χ1n) is 8.96. The zero-order valence-electron chi connectivity index (χ0n) is 15.5. The van der Waals surface area contributed by atoms with Gasteiger partial charge in [-0.15, -0.1) is 36.2 Å². The van der Waals surface area contributed by atoms with Crippen LogP contribution in [0.25, 0.3) is 10.6 Å². The fraction of sp³-hybridized carbons (Fsp3) is 0.474. The van der Waals surface area contributed by atoms with Crippen LogP contribution >= 0.6 is 47.8 Å². The summed E-state index contributed by atoms with van der Waals surface area (Å²) in [7, 11) is 0. The van der Waals surface area contributed by atoms with E-state index >= 15 is 0 Å². The number of amides is 1. The van der Waals surface area contributed by atoms with Gasteiger partial charge in [-0.1, -0.05) is 29.8 Å². The zero-order chi connectivity index (χ0) is 18.4. The Balaban J connectivity index is 0.00000196. The van der Waals surface area contributed by atoms with E-state index in [1.54, 1.807) is 0 Å². The Labute approximate surface area is 187 Å². The molecule has 9 heteroatoms. The highest BCUT2D eigenvalue weighted by molar-refractivity contribution is 7.13. The standard InChI is InChI=1S/C19H24ClN3O2S.2ClH/c20-17-5-2-1-4-16(17)19-22-14(13-26-19)12-18(24)23-9-6-15(7-10-23)25-11-3-8-21;;/h1-2,4-5,13,15H,3,6-12,21H2;2*1H. The molecule has 1 aromatic heterocycles. The number of aromatic nitrogens is 1. The van der Waals surface area contributed by atoms with Gasteiger partial charge in [-0.25, -0.2) is 4.98 Å². The van der Waals surface area contributed by atoms with Crippen LogP contribution in [0.3, 0.4) is 0 Å². The first kappa shape index (κ1) is 25.1. The molecule has 28 heavy (non-hydrogen) atoms. The van der Waals surface area contributed by atoms with Crippen LogP contribution in [0, 0.1) is 0 Å². The number of thiazole rings is 1. The van der Waals surface area contributed by atoms with E-state index in [9.17, 15) is 4.79 Å². The molecule has 1 aliphatic rings. The summed E-state index contributed by atoms with van der Waals surface area (Å²) < 4.78 is 5.79. The second kappa shape index (κ2) is 12.6. The van der Waals surface area contributed by atoms with E-state index in [1.165, 1.54) is 11.3 Å². The molecule has 0 bridgehead atoms. The molecular weight excluding hydrogens is 441 g/mol. The molecule has 0 atom stereocenters. The smallest absolute Gasteiger partial charge is 0.228 e. The molecule has 0 radical (unpaired) electrons. The Morgan fingerprint density at radius 2 is 2.00 bits per heavy atom. The van der Waals surface area contributed by atoms with Gasteiger partial charge in [0, 0.05) is 30.6 Å². The van der Waals surface area contributed by atoms with Crippen molar-refractivity contribution < 1.29 is 9.53 Å². The second-order valence-corrected chi connectivity index (χ2v) is 7.66. The Morgan fingerprint density at radius 3 is 2.68 bits per heavy atom. The van der Waals surface area contributed by atoms with Crippen molar-refractivity contribution in [1.82, 2.24) is 9.88 Å². The highest BCUT2D eigenvalue weighted by atomic mass is 35.5. The number of hydrogen-bond donors (Lipinski definition) is 1. The van der Waals surface area contributed by atoms with Gasteiger partial charge in [-0.3, -0.25) is 4.79 Å². The quantitative estimate of drug-likeness (QED) is 0.621. The van der Waals surface area contributed by atoms with Gasteiger partial charge in [0.15, 0.2) is 0 Å². The molecule has 2 aromatic rings. The van der Waals surface area contributed by atoms with Gasteiger partial charge < -0.3 is 15.4 Å². The summed E-state index contributed by atoms with van der Waals surface area (Å²) in [5, 5.41) is 3.47. The Morgan fingerprint density at radius 1 is 1.29 bits per heavy atom. The van der Waals surface area contributed by atoms with Crippen LogP contribution in [0.4, 0.5) is 0 Å². The number of carbonyl (C=O) groups excluding carboxylic acids is 1. The summed E-state index contributed by atoms with van der Waals surface area (Å²) in [6, 6.07) is 7.63. The average molecular weight is 467 g/mol. The number of rotatable bonds is 7. The van der Waals surface area contributed by atoms with Gasteiger partial charge in [-0.05, 0) is 31.9 Å². The van der Waals surface area contributed by atoms with Crippen molar-refractivity contribution in [3.63, 3.8) is 0 Å². The lowest BCUT2D eigenvalue weighted by Gasteiger charge is -2.32. The third kappa shape index (κ3) is 6.87. The molecule has 1 amide bonds. The van der Waals surface area contributed by atoms with E-state index < -0.39 is 0 Å². The van der Waals surface area contributed by atoms with Crippen molar-refractivity contribution in [2.24, 2.45) is 5.73 Å². The first-order valence-corrected chi connectivity index (χ1v) is 10.2. The topological polar surface area (TPSA) is 68.5 Å². The lowest BCUT2D eigenvalue weighted by atomic mass is 10.1. The minimum Gasteiger partial charge on any atom is -0.378 e. The SMILES string of the molecule is Cl.Cl.NCCCOC1CCN(C(=O)Cc2csc(-c3ccccc3Cl)n2)CC1. The molecule has 156 valence electrons. The number of ether oxygens (including phenoxy) is 1. The monoisotopic (exact) mass is 465 g/mol. The molecule has 0 aliphatic carbocycles. The van der Waals surface area contributed by atoms with Crippen molar-refractivity contribution in [2.45, 2.75) is 31.8 Å². The first-order chi connectivity index (χ1) is 12.7. The summed E-state index contributed by atoms with van der Waals surface area (Å²) in [6.45, 7) is 2.85. The third-order valence-corrected chi connectivity index (χ3v) is 5.74. The molecule has 1 saturated heterocycles. The summed E-state index contributed by atoms with van der Waals surface area (Å²) in [5.41, 5.74) is 7.19. The number of nitrogens with two attached hydrogens (primary N) is 1. The lowest BCUT2D eigenvalue weighted by molar-refractivity contribution is -0.133. The molecule has 1 aromatic carbocycles. The number of hydrogen-bond acceptors (Lipinski definition) is 5. The van der Waals surface area contributed by atoms with Crippen LogP contribution in [0.5, 0.6) is 0 Å². The van der Waals surface area contributed by atoms with Crippen molar-refractivity contribution in [1.29, 1.82) is 0 Å². The van der Waals surface area contributed by atoms with E-state index in [0.717, 1.165) is 48.6 Å². The van der Waals surface area contributed by atoms with Gasteiger partial charge in [0.25, 0.3) is 0 Å². The molecule has 1 aliphatic heterocycles. The maximum absolute atomic E-state index is 12.6. The van der Waals surface area contributed by atoms with Crippen LogP contribution in [0.15, 0.2) is 29.6 Å². The van der Waals surface area contributed by atoms with Crippen molar-refractivity contribution >= 4 is 53.7 Å². The van der Waals surface area contributed by atoms with E-state index in [2.05, 4.69) is 4.98 Å². The maximum Gasteiger partial charge on any atom is 0.228 e. The molecule has 0 unspecified atom stereocenters. The van der Waals surface area contributed by atoms with Crippen molar-refractivity contribution in [2.75, 3.05) is 26.2 Å². The van der Waals surface area contributed by atoms with E-state index in [0.29, 0.717) is 24.6 Å². The third-order valence-electron chi connectivity index (χ3n) is 4.49. The van der Waals surface area contributed by atoms with Gasteiger partial charge in [0.05, 0.1) is 23.2 Å². The summed E-state index contributed by atoms with van der Waals surface area (Å²) in [6.07, 6.45) is 3.24. The lowest BCUT2D eigenvalue weighted by Crippen LogP contribution is -2.41. The minimum absolute atomic E-state index is 0. The number of nitrogens with zero attached hydrogens (tertiary/aromatic N) is 2.